The van der Waals surface area contributed by atoms with Crippen LogP contribution in [0, 0.1) is 5.41 Å². The Kier molecular flexibility index (Phi) is 3.60. The molecule has 3 aromatic heterocycles. The summed E-state index contributed by atoms with van der Waals surface area (Å²) in [5.41, 5.74) is 4.32. The number of rotatable bonds is 2. The highest BCUT2D eigenvalue weighted by molar-refractivity contribution is 6.00. The Morgan fingerprint density at radius 1 is 1.27 bits per heavy atom. The number of piperidine rings is 1. The van der Waals surface area contributed by atoms with Crippen molar-refractivity contribution in [2.45, 2.75) is 19.3 Å². The number of carbonyl (C=O) groups is 1. The van der Waals surface area contributed by atoms with Crippen molar-refractivity contribution in [3.05, 3.63) is 42.5 Å². The van der Waals surface area contributed by atoms with E-state index in [0.717, 1.165) is 62.2 Å². The van der Waals surface area contributed by atoms with Crippen LogP contribution in [0.15, 0.2) is 41.3 Å². The van der Waals surface area contributed by atoms with Crippen LogP contribution in [0.4, 0.5) is 0 Å². The maximum atomic E-state index is 12.9. The maximum Gasteiger partial charge on any atom is 0.270 e. The van der Waals surface area contributed by atoms with E-state index in [9.17, 15) is 4.79 Å². The first-order valence-corrected chi connectivity index (χ1v) is 9.12. The zero-order chi connectivity index (χ0) is 17.6. The van der Waals surface area contributed by atoms with E-state index in [-0.39, 0.29) is 5.91 Å². The van der Waals surface area contributed by atoms with Crippen molar-refractivity contribution in [1.82, 2.24) is 14.9 Å². The molecule has 1 N–H and O–H groups in total. The minimum Gasteiger partial charge on any atom is -0.462 e. The van der Waals surface area contributed by atoms with Crippen molar-refractivity contribution < 1.29 is 13.9 Å². The molecular formula is C20H21N3O3. The molecule has 26 heavy (non-hydrogen) atoms. The van der Waals surface area contributed by atoms with Crippen LogP contribution in [0.25, 0.3) is 22.2 Å². The van der Waals surface area contributed by atoms with E-state index in [1.54, 1.807) is 24.7 Å². The summed E-state index contributed by atoms with van der Waals surface area (Å²) >= 11 is 0. The number of H-pyrrole nitrogens is 1. The lowest BCUT2D eigenvalue weighted by molar-refractivity contribution is 0.0528. The molecule has 5 rings (SSSR count). The number of carbonyl (C=O) groups excluding carboxylic acids is 1. The molecule has 1 amide bonds. The predicted molar refractivity (Wildman–Crippen MR) is 96.8 cm³/mol. The Labute approximate surface area is 151 Å². The second-order valence-corrected chi connectivity index (χ2v) is 7.41. The van der Waals surface area contributed by atoms with Crippen molar-refractivity contribution in [1.29, 1.82) is 0 Å². The molecule has 2 saturated heterocycles. The third-order valence-electron chi connectivity index (χ3n) is 5.85. The predicted octanol–water partition coefficient (Wildman–Crippen LogP) is 3.47. The molecule has 1 spiro atoms. The van der Waals surface area contributed by atoms with Crippen LogP contribution in [0.5, 0.6) is 0 Å². The minimum absolute atomic E-state index is 0.0438. The van der Waals surface area contributed by atoms with Crippen LogP contribution in [0.2, 0.25) is 0 Å². The van der Waals surface area contributed by atoms with Gasteiger partial charge in [-0.2, -0.15) is 0 Å². The van der Waals surface area contributed by atoms with Crippen molar-refractivity contribution in [2.75, 3.05) is 26.3 Å². The van der Waals surface area contributed by atoms with E-state index >= 15 is 0 Å². The molecule has 0 unspecified atom stereocenters. The molecule has 3 aromatic rings. The summed E-state index contributed by atoms with van der Waals surface area (Å²) in [5, 5.41) is 0. The lowest BCUT2D eigenvalue weighted by Gasteiger charge is -2.38. The zero-order valence-corrected chi connectivity index (χ0v) is 14.5. The Morgan fingerprint density at radius 3 is 2.88 bits per heavy atom. The van der Waals surface area contributed by atoms with Gasteiger partial charge < -0.3 is 19.0 Å². The Morgan fingerprint density at radius 2 is 2.15 bits per heavy atom. The molecule has 2 fully saturated rings. The number of aromatic amines is 1. The summed E-state index contributed by atoms with van der Waals surface area (Å²) < 4.78 is 11.2. The number of pyridine rings is 1. The van der Waals surface area contributed by atoms with Crippen LogP contribution in [0.1, 0.15) is 29.8 Å². The number of ether oxygens (including phenoxy) is 1. The number of fused-ring (bicyclic) bond motifs is 1. The van der Waals surface area contributed by atoms with Gasteiger partial charge in [0.2, 0.25) is 0 Å². The normalized spacial score (nSPS) is 19.5. The number of hydrogen-bond donors (Lipinski definition) is 1. The summed E-state index contributed by atoms with van der Waals surface area (Å²) in [6.07, 6.45) is 8.41. The highest BCUT2D eigenvalue weighted by atomic mass is 16.5. The average molecular weight is 351 g/mol. The SMILES string of the molecule is O=C(c1cc2occ(-c3cccnc3)c2[nH]1)N1CCC2(CCOC2)CC1. The van der Waals surface area contributed by atoms with Gasteiger partial charge in [0.05, 0.1) is 12.1 Å². The van der Waals surface area contributed by atoms with Gasteiger partial charge in [-0.05, 0) is 30.7 Å². The lowest BCUT2D eigenvalue weighted by Crippen LogP contribution is -2.43. The van der Waals surface area contributed by atoms with Gasteiger partial charge in [0, 0.05) is 49.3 Å². The third kappa shape index (κ3) is 2.52. The van der Waals surface area contributed by atoms with Crippen molar-refractivity contribution in [3.63, 3.8) is 0 Å². The Bertz CT molecular complexity index is 928. The van der Waals surface area contributed by atoms with Crippen molar-refractivity contribution in [3.8, 4) is 11.1 Å². The summed E-state index contributed by atoms with van der Waals surface area (Å²) in [6, 6.07) is 5.67. The van der Waals surface area contributed by atoms with Crippen LogP contribution in [0.3, 0.4) is 0 Å². The van der Waals surface area contributed by atoms with Crippen LogP contribution in [-0.4, -0.2) is 47.1 Å². The van der Waals surface area contributed by atoms with E-state index in [4.69, 9.17) is 9.15 Å². The van der Waals surface area contributed by atoms with E-state index in [1.165, 1.54) is 0 Å². The molecule has 6 nitrogen and oxygen atoms in total. The Balaban J connectivity index is 1.38. The summed E-state index contributed by atoms with van der Waals surface area (Å²) in [4.78, 5) is 22.3. The standard InChI is InChI=1S/C20H21N3O3/c24-19(23-7-3-20(4-8-23)5-9-25-13-20)16-10-17-18(22-16)15(12-26-17)14-2-1-6-21-11-14/h1-2,6,10-12,22H,3-5,7-9,13H2. The second-order valence-electron chi connectivity index (χ2n) is 7.41. The number of furan rings is 1. The second kappa shape index (κ2) is 5.99. The molecule has 134 valence electrons. The monoisotopic (exact) mass is 351 g/mol. The van der Waals surface area contributed by atoms with Crippen molar-refractivity contribution in [2.24, 2.45) is 5.41 Å². The fourth-order valence-corrected chi connectivity index (χ4v) is 4.16. The van der Waals surface area contributed by atoms with Gasteiger partial charge >= 0.3 is 0 Å². The number of likely N-dealkylation sites (tertiary alicyclic amines) is 1. The molecule has 0 aromatic carbocycles. The van der Waals surface area contributed by atoms with Gasteiger partial charge in [0.1, 0.15) is 12.0 Å². The maximum absolute atomic E-state index is 12.9. The summed E-state index contributed by atoms with van der Waals surface area (Å²) in [7, 11) is 0. The van der Waals surface area contributed by atoms with Crippen molar-refractivity contribution >= 4 is 17.0 Å². The van der Waals surface area contributed by atoms with Gasteiger partial charge in [-0.1, -0.05) is 6.07 Å². The molecule has 0 bridgehead atoms. The summed E-state index contributed by atoms with van der Waals surface area (Å²) in [5.74, 6) is 0.0438. The van der Waals surface area contributed by atoms with Crippen LogP contribution >= 0.6 is 0 Å². The number of nitrogens with zero attached hydrogens (tertiary/aromatic N) is 2. The zero-order valence-electron chi connectivity index (χ0n) is 14.5. The molecule has 2 aliphatic heterocycles. The molecular weight excluding hydrogens is 330 g/mol. The van der Waals surface area contributed by atoms with E-state index in [2.05, 4.69) is 9.97 Å². The minimum atomic E-state index is 0.0438. The fourth-order valence-electron chi connectivity index (χ4n) is 4.16. The molecule has 0 atom stereocenters. The van der Waals surface area contributed by atoms with Crippen LogP contribution in [-0.2, 0) is 4.74 Å². The van der Waals surface area contributed by atoms with Gasteiger partial charge in [-0.3, -0.25) is 9.78 Å². The molecule has 2 aliphatic rings. The van der Waals surface area contributed by atoms with Gasteiger partial charge in [-0.15, -0.1) is 0 Å². The number of nitrogens with one attached hydrogen (secondary N) is 1. The van der Waals surface area contributed by atoms with Gasteiger partial charge in [-0.25, -0.2) is 0 Å². The first kappa shape index (κ1) is 15.6. The summed E-state index contributed by atoms with van der Waals surface area (Å²) in [6.45, 7) is 3.28. The number of aromatic nitrogens is 2. The molecule has 6 heteroatoms. The quantitative estimate of drug-likeness (QED) is 0.767. The first-order valence-electron chi connectivity index (χ1n) is 9.12. The third-order valence-corrected chi connectivity index (χ3v) is 5.85. The molecule has 0 saturated carbocycles. The van der Waals surface area contributed by atoms with Gasteiger partial charge in [0.25, 0.3) is 5.91 Å². The highest BCUT2D eigenvalue weighted by Crippen LogP contribution is 2.39. The average Bonchev–Trinajstić information content (AvgIpc) is 3.38. The molecule has 0 radical (unpaired) electrons. The van der Waals surface area contributed by atoms with E-state index < -0.39 is 0 Å². The lowest BCUT2D eigenvalue weighted by atomic mass is 9.78. The smallest absolute Gasteiger partial charge is 0.270 e. The Hall–Kier alpha value is -2.60. The molecule has 5 heterocycles. The fraction of sp³-hybridized carbons (Fsp3) is 0.400. The largest absolute Gasteiger partial charge is 0.462 e. The highest BCUT2D eigenvalue weighted by Gasteiger charge is 2.39. The van der Waals surface area contributed by atoms with Crippen LogP contribution < -0.4 is 0 Å². The van der Waals surface area contributed by atoms with E-state index in [0.29, 0.717) is 16.7 Å². The van der Waals surface area contributed by atoms with Gasteiger partial charge in [0.15, 0.2) is 5.58 Å². The van der Waals surface area contributed by atoms with E-state index in [1.807, 2.05) is 17.0 Å². The number of hydrogen-bond acceptors (Lipinski definition) is 4. The topological polar surface area (TPSA) is 71.4 Å². The first-order chi connectivity index (χ1) is 12.7. The number of amides is 1. The molecule has 0 aliphatic carbocycles.